The lowest BCUT2D eigenvalue weighted by Gasteiger charge is -2.12. The first-order chi connectivity index (χ1) is 12.1. The number of urea groups is 1. The van der Waals surface area contributed by atoms with Crippen LogP contribution < -0.4 is 16.2 Å². The van der Waals surface area contributed by atoms with Crippen molar-refractivity contribution in [3.05, 3.63) is 63.6 Å². The highest BCUT2D eigenvalue weighted by Gasteiger charge is 2.31. The maximum Gasteiger partial charge on any atom is 0.417 e. The first kappa shape index (κ1) is 19.2. The minimum atomic E-state index is -4.65. The monoisotopic (exact) mass is 367 g/mol. The number of imide groups is 1. The summed E-state index contributed by atoms with van der Waals surface area (Å²) < 4.78 is 38.6. The zero-order valence-electron chi connectivity index (χ0n) is 14.0. The van der Waals surface area contributed by atoms with E-state index in [9.17, 15) is 27.6 Å². The van der Waals surface area contributed by atoms with Gasteiger partial charge in [0.2, 0.25) is 5.91 Å². The molecule has 3 amide bonds. The van der Waals surface area contributed by atoms with Gasteiger partial charge in [-0.25, -0.2) is 4.79 Å². The molecule has 0 unspecified atom stereocenters. The molecule has 2 N–H and O–H groups in total. The molecule has 0 aliphatic rings. The minimum absolute atomic E-state index is 0.483. The summed E-state index contributed by atoms with van der Waals surface area (Å²) in [6, 6.07) is 5.76. The third-order valence-electron chi connectivity index (χ3n) is 3.51. The first-order valence-electron chi connectivity index (χ1n) is 7.52. The van der Waals surface area contributed by atoms with Crippen LogP contribution in [-0.4, -0.2) is 16.5 Å². The number of halogens is 3. The number of benzene rings is 1. The fraction of sp³-hybridized carbons (Fsp3) is 0.235. The molecule has 0 atom stereocenters. The third-order valence-corrected chi connectivity index (χ3v) is 3.51. The van der Waals surface area contributed by atoms with Gasteiger partial charge in [0.15, 0.2) is 0 Å². The van der Waals surface area contributed by atoms with Crippen LogP contribution in [0.15, 0.2) is 41.3 Å². The molecular weight excluding hydrogens is 351 g/mol. The van der Waals surface area contributed by atoms with Gasteiger partial charge in [-0.1, -0.05) is 17.7 Å². The Morgan fingerprint density at radius 3 is 2.42 bits per heavy atom. The molecule has 9 heteroatoms. The lowest BCUT2D eigenvalue weighted by Crippen LogP contribution is -2.38. The van der Waals surface area contributed by atoms with E-state index in [1.807, 2.05) is 18.3 Å². The van der Waals surface area contributed by atoms with Gasteiger partial charge in [-0.15, -0.1) is 0 Å². The van der Waals surface area contributed by atoms with Crippen molar-refractivity contribution in [2.24, 2.45) is 0 Å². The van der Waals surface area contributed by atoms with Gasteiger partial charge in [0, 0.05) is 18.0 Å². The number of anilines is 1. The van der Waals surface area contributed by atoms with E-state index in [1.165, 1.54) is 0 Å². The van der Waals surface area contributed by atoms with Crippen molar-refractivity contribution in [2.75, 3.05) is 5.32 Å². The molecule has 1 aromatic carbocycles. The molecule has 2 rings (SSSR count). The highest BCUT2D eigenvalue weighted by Crippen LogP contribution is 2.27. The Hall–Kier alpha value is -3.10. The predicted octanol–water partition coefficient (Wildman–Crippen LogP) is 2.83. The Labute approximate surface area is 146 Å². The van der Waals surface area contributed by atoms with Gasteiger partial charge in [-0.05, 0) is 31.5 Å². The van der Waals surface area contributed by atoms with Gasteiger partial charge in [-0.3, -0.25) is 14.9 Å². The Kier molecular flexibility index (Phi) is 5.49. The van der Waals surface area contributed by atoms with Crippen LogP contribution in [0.1, 0.15) is 16.7 Å². The Balaban J connectivity index is 2.04. The number of amides is 3. The number of hydrogen-bond acceptors (Lipinski definition) is 3. The van der Waals surface area contributed by atoms with Crippen molar-refractivity contribution in [3.63, 3.8) is 0 Å². The smallest absolute Gasteiger partial charge is 0.307 e. The van der Waals surface area contributed by atoms with Gasteiger partial charge >= 0.3 is 12.2 Å². The largest absolute Gasteiger partial charge is 0.417 e. The molecule has 0 spiro atoms. The lowest BCUT2D eigenvalue weighted by atomic mass is 10.1. The van der Waals surface area contributed by atoms with Crippen LogP contribution >= 0.6 is 0 Å². The molecule has 26 heavy (non-hydrogen) atoms. The normalized spacial score (nSPS) is 11.1. The van der Waals surface area contributed by atoms with Crippen LogP contribution in [0.5, 0.6) is 0 Å². The molecule has 138 valence electrons. The number of pyridine rings is 1. The number of carbonyl (C=O) groups is 2. The van der Waals surface area contributed by atoms with Crippen molar-refractivity contribution in [1.29, 1.82) is 0 Å². The number of aromatic nitrogens is 1. The molecule has 0 saturated carbocycles. The number of alkyl halides is 3. The summed E-state index contributed by atoms with van der Waals surface area (Å²) in [5.41, 5.74) is 0.403. The van der Waals surface area contributed by atoms with Crippen LogP contribution in [0.25, 0.3) is 0 Å². The SMILES string of the molecule is Cc1ccc(NC(=O)NC(=O)Cn2cc(C(F)(F)F)ccc2=O)c(C)c1. The fourth-order valence-corrected chi connectivity index (χ4v) is 2.25. The zero-order chi connectivity index (χ0) is 19.5. The average Bonchev–Trinajstić information content (AvgIpc) is 2.51. The van der Waals surface area contributed by atoms with Crippen molar-refractivity contribution in [2.45, 2.75) is 26.6 Å². The summed E-state index contributed by atoms with van der Waals surface area (Å²) in [6.07, 6.45) is -4.11. The number of aryl methyl sites for hydroxylation is 2. The topological polar surface area (TPSA) is 80.2 Å². The standard InChI is InChI=1S/C17H16F3N3O3/c1-10-3-5-13(11(2)7-10)21-16(26)22-14(24)9-23-8-12(17(18,19)20)4-6-15(23)25/h3-8H,9H2,1-2H3,(H2,21,22,24,26). The van der Waals surface area contributed by atoms with E-state index < -0.39 is 35.8 Å². The lowest BCUT2D eigenvalue weighted by molar-refractivity contribution is -0.138. The number of rotatable bonds is 3. The molecule has 0 bridgehead atoms. The van der Waals surface area contributed by atoms with E-state index in [0.29, 0.717) is 28.6 Å². The van der Waals surface area contributed by atoms with Crippen molar-refractivity contribution in [3.8, 4) is 0 Å². The predicted molar refractivity (Wildman–Crippen MR) is 88.8 cm³/mol. The van der Waals surface area contributed by atoms with Gasteiger partial charge in [-0.2, -0.15) is 13.2 Å². The average molecular weight is 367 g/mol. The molecule has 0 radical (unpaired) electrons. The zero-order valence-corrected chi connectivity index (χ0v) is 14.0. The third kappa shape index (κ3) is 4.95. The minimum Gasteiger partial charge on any atom is -0.307 e. The Morgan fingerprint density at radius 2 is 1.81 bits per heavy atom. The van der Waals surface area contributed by atoms with E-state index in [2.05, 4.69) is 5.32 Å². The number of nitrogens with one attached hydrogen (secondary N) is 2. The molecule has 2 aromatic rings. The van der Waals surface area contributed by atoms with Gasteiger partial charge in [0.25, 0.3) is 5.56 Å². The van der Waals surface area contributed by atoms with Gasteiger partial charge in [0.05, 0.1) is 5.56 Å². The number of carbonyl (C=O) groups excluding carboxylic acids is 2. The summed E-state index contributed by atoms with van der Waals surface area (Å²) in [5.74, 6) is -0.923. The van der Waals surface area contributed by atoms with E-state index in [-0.39, 0.29) is 0 Å². The van der Waals surface area contributed by atoms with Gasteiger partial charge < -0.3 is 9.88 Å². The van der Waals surface area contributed by atoms with E-state index >= 15 is 0 Å². The second kappa shape index (κ2) is 7.42. The second-order valence-corrected chi connectivity index (χ2v) is 5.70. The molecule has 6 nitrogen and oxygen atoms in total. The maximum atomic E-state index is 12.7. The second-order valence-electron chi connectivity index (χ2n) is 5.70. The molecule has 0 aliphatic carbocycles. The van der Waals surface area contributed by atoms with E-state index in [1.54, 1.807) is 19.1 Å². The molecule has 0 saturated heterocycles. The Bertz CT molecular complexity index is 904. The van der Waals surface area contributed by atoms with Gasteiger partial charge in [0.1, 0.15) is 6.54 Å². The summed E-state index contributed by atoms with van der Waals surface area (Å²) in [6.45, 7) is 2.93. The molecular formula is C17H16F3N3O3. The summed E-state index contributed by atoms with van der Waals surface area (Å²) >= 11 is 0. The van der Waals surface area contributed by atoms with Crippen molar-refractivity contribution < 1.29 is 22.8 Å². The summed E-state index contributed by atoms with van der Waals surface area (Å²) in [5, 5.41) is 4.44. The van der Waals surface area contributed by atoms with Crippen LogP contribution in [0, 0.1) is 13.8 Å². The van der Waals surface area contributed by atoms with Crippen LogP contribution in [-0.2, 0) is 17.5 Å². The molecule has 1 heterocycles. The number of nitrogens with zero attached hydrogens (tertiary/aromatic N) is 1. The van der Waals surface area contributed by atoms with E-state index in [4.69, 9.17) is 0 Å². The fourth-order valence-electron chi connectivity index (χ4n) is 2.25. The van der Waals surface area contributed by atoms with Crippen LogP contribution in [0.3, 0.4) is 0 Å². The molecule has 0 fully saturated rings. The van der Waals surface area contributed by atoms with E-state index in [0.717, 1.165) is 11.1 Å². The first-order valence-corrected chi connectivity index (χ1v) is 7.52. The van der Waals surface area contributed by atoms with Crippen LogP contribution in [0.4, 0.5) is 23.7 Å². The highest BCUT2D eigenvalue weighted by atomic mass is 19.4. The van der Waals surface area contributed by atoms with Crippen LogP contribution in [0.2, 0.25) is 0 Å². The molecule has 0 aliphatic heterocycles. The quantitative estimate of drug-likeness (QED) is 0.875. The van der Waals surface area contributed by atoms with Crippen molar-refractivity contribution >= 4 is 17.6 Å². The highest BCUT2D eigenvalue weighted by molar-refractivity contribution is 6.01. The summed E-state index contributed by atoms with van der Waals surface area (Å²) in [7, 11) is 0. The number of hydrogen-bond donors (Lipinski definition) is 2. The maximum absolute atomic E-state index is 12.7. The molecule has 1 aromatic heterocycles. The Morgan fingerprint density at radius 1 is 1.12 bits per heavy atom. The summed E-state index contributed by atoms with van der Waals surface area (Å²) in [4.78, 5) is 35.3. The van der Waals surface area contributed by atoms with Crippen molar-refractivity contribution in [1.82, 2.24) is 9.88 Å².